The lowest BCUT2D eigenvalue weighted by Crippen LogP contribution is -2.14. The summed E-state index contributed by atoms with van der Waals surface area (Å²) in [5, 5.41) is 0. The van der Waals surface area contributed by atoms with Gasteiger partial charge in [-0.05, 0) is 12.1 Å². The van der Waals surface area contributed by atoms with Crippen molar-refractivity contribution in [2.24, 2.45) is 0 Å². The molecule has 0 spiro atoms. The SMILES string of the molecule is C[Si](C)(Cl)CCCCCCCCCCCCC[Si](C)(C)Cl. The Hall–Kier alpha value is 1.01. The smallest absolute Gasteiger partial charge is 0.150 e. The second-order valence-electron chi connectivity index (χ2n) is 7.83. The maximum Gasteiger partial charge on any atom is 0.150 e. The molecule has 21 heavy (non-hydrogen) atoms. The van der Waals surface area contributed by atoms with Crippen molar-refractivity contribution in [3.8, 4) is 0 Å². The molecule has 0 unspecified atom stereocenters. The van der Waals surface area contributed by atoms with Crippen LogP contribution in [0.4, 0.5) is 0 Å². The molecule has 0 aromatic rings. The van der Waals surface area contributed by atoms with Crippen molar-refractivity contribution in [3.63, 3.8) is 0 Å². The third kappa shape index (κ3) is 21.0. The molecule has 0 fully saturated rings. The summed E-state index contributed by atoms with van der Waals surface area (Å²) >= 11 is 12.7. The molecule has 0 radical (unpaired) electrons. The molecule has 0 saturated carbocycles. The molecule has 0 saturated heterocycles. The molecule has 0 aliphatic carbocycles. The number of halogens is 2. The maximum absolute atomic E-state index is 6.33. The fraction of sp³-hybridized carbons (Fsp3) is 1.00. The Morgan fingerprint density at radius 3 is 0.810 bits per heavy atom. The molecule has 4 heteroatoms. The molecule has 0 bridgehead atoms. The Morgan fingerprint density at radius 2 is 0.619 bits per heavy atom. The van der Waals surface area contributed by atoms with Crippen LogP contribution in [0, 0.1) is 0 Å². The van der Waals surface area contributed by atoms with Crippen LogP contribution in [-0.2, 0) is 0 Å². The second-order valence-corrected chi connectivity index (χ2v) is 21.8. The molecular weight excluding hydrogens is 331 g/mol. The number of hydrogen-bond acceptors (Lipinski definition) is 0. The van der Waals surface area contributed by atoms with Gasteiger partial charge in [-0.1, -0.05) is 96.8 Å². The lowest BCUT2D eigenvalue weighted by molar-refractivity contribution is 0.553. The first-order valence-corrected chi connectivity index (χ1v) is 17.5. The highest BCUT2D eigenvalue weighted by molar-refractivity contribution is 7.19. The highest BCUT2D eigenvalue weighted by Gasteiger charge is 2.15. The van der Waals surface area contributed by atoms with E-state index in [1.54, 1.807) is 0 Å². The van der Waals surface area contributed by atoms with Crippen molar-refractivity contribution < 1.29 is 0 Å². The van der Waals surface area contributed by atoms with Crippen LogP contribution in [0.1, 0.15) is 70.6 Å². The minimum Gasteiger partial charge on any atom is -0.168 e. The first-order chi connectivity index (χ1) is 9.71. The summed E-state index contributed by atoms with van der Waals surface area (Å²) in [5.74, 6) is 0. The van der Waals surface area contributed by atoms with Crippen LogP contribution in [0.2, 0.25) is 38.3 Å². The van der Waals surface area contributed by atoms with Gasteiger partial charge >= 0.3 is 0 Å². The molecular formula is C17H38Cl2Si2. The van der Waals surface area contributed by atoms with Gasteiger partial charge in [-0.15, -0.1) is 0 Å². The van der Waals surface area contributed by atoms with Crippen LogP contribution in [0.3, 0.4) is 0 Å². The topological polar surface area (TPSA) is 0 Å². The van der Waals surface area contributed by atoms with E-state index in [2.05, 4.69) is 26.2 Å². The third-order valence-corrected chi connectivity index (χ3v) is 8.26. The zero-order chi connectivity index (χ0) is 16.2. The van der Waals surface area contributed by atoms with Gasteiger partial charge in [0.1, 0.15) is 14.8 Å². The molecule has 0 rings (SSSR count). The molecule has 0 nitrogen and oxygen atoms in total. The Labute approximate surface area is 145 Å². The Bertz CT molecular complexity index is 208. The van der Waals surface area contributed by atoms with E-state index in [-0.39, 0.29) is 0 Å². The van der Waals surface area contributed by atoms with Gasteiger partial charge in [0, 0.05) is 0 Å². The van der Waals surface area contributed by atoms with Gasteiger partial charge < -0.3 is 0 Å². The molecule has 0 heterocycles. The summed E-state index contributed by atoms with van der Waals surface area (Å²) in [5.41, 5.74) is 0. The molecule has 0 N–H and O–H groups in total. The Morgan fingerprint density at radius 1 is 0.429 bits per heavy atom. The van der Waals surface area contributed by atoms with E-state index < -0.39 is 14.8 Å². The molecule has 0 amide bonds. The van der Waals surface area contributed by atoms with Crippen molar-refractivity contribution in [2.45, 2.75) is 109 Å². The molecule has 0 aromatic carbocycles. The molecule has 0 atom stereocenters. The summed E-state index contributed by atoms with van der Waals surface area (Å²) < 4.78 is 0. The standard InChI is InChI=1S/C17H38Cl2Si2/c1-20(2,18)16-14-12-10-8-6-5-7-9-11-13-15-17-21(3,4)19/h5-17H2,1-4H3. The molecule has 0 aliphatic heterocycles. The van der Waals surface area contributed by atoms with Gasteiger partial charge in [-0.3, -0.25) is 0 Å². The van der Waals surface area contributed by atoms with Gasteiger partial charge in [0.25, 0.3) is 0 Å². The largest absolute Gasteiger partial charge is 0.168 e. The third-order valence-electron chi connectivity index (χ3n) is 4.04. The zero-order valence-electron chi connectivity index (χ0n) is 14.9. The number of unbranched alkanes of at least 4 members (excludes halogenated alkanes) is 10. The van der Waals surface area contributed by atoms with Gasteiger partial charge in [0.15, 0.2) is 0 Å². The Kier molecular flexibility index (Phi) is 13.0. The fourth-order valence-corrected chi connectivity index (χ4v) is 5.66. The monoisotopic (exact) mass is 368 g/mol. The van der Waals surface area contributed by atoms with Crippen molar-refractivity contribution in [1.29, 1.82) is 0 Å². The summed E-state index contributed by atoms with van der Waals surface area (Å²) in [6.07, 6.45) is 15.5. The van der Waals surface area contributed by atoms with Crippen LogP contribution in [-0.4, -0.2) is 14.8 Å². The average Bonchev–Trinajstić information content (AvgIpc) is 2.32. The van der Waals surface area contributed by atoms with E-state index >= 15 is 0 Å². The first kappa shape index (κ1) is 22.0. The number of rotatable bonds is 14. The van der Waals surface area contributed by atoms with Crippen LogP contribution in [0.5, 0.6) is 0 Å². The van der Waals surface area contributed by atoms with Gasteiger partial charge in [0.05, 0.1) is 0 Å². The van der Waals surface area contributed by atoms with Crippen molar-refractivity contribution >= 4 is 36.9 Å². The van der Waals surface area contributed by atoms with Crippen molar-refractivity contribution in [1.82, 2.24) is 0 Å². The first-order valence-electron chi connectivity index (χ1n) is 9.09. The average molecular weight is 370 g/mol. The normalized spacial score (nSPS) is 12.9. The quantitative estimate of drug-likeness (QED) is 0.164. The van der Waals surface area contributed by atoms with Gasteiger partial charge in [0.2, 0.25) is 0 Å². The lowest BCUT2D eigenvalue weighted by Gasteiger charge is -2.12. The van der Waals surface area contributed by atoms with Crippen LogP contribution in [0.15, 0.2) is 0 Å². The van der Waals surface area contributed by atoms with Gasteiger partial charge in [-0.2, -0.15) is 22.2 Å². The van der Waals surface area contributed by atoms with Gasteiger partial charge in [-0.25, -0.2) is 0 Å². The molecule has 0 aliphatic rings. The summed E-state index contributed by atoms with van der Waals surface area (Å²) in [7, 11) is -2.60. The minimum atomic E-state index is -1.30. The van der Waals surface area contributed by atoms with Crippen LogP contribution >= 0.6 is 22.2 Å². The summed E-state index contributed by atoms with van der Waals surface area (Å²) in [4.78, 5) is 0. The minimum absolute atomic E-state index is 1.29. The van der Waals surface area contributed by atoms with Crippen LogP contribution in [0.25, 0.3) is 0 Å². The van der Waals surface area contributed by atoms with E-state index in [4.69, 9.17) is 22.2 Å². The summed E-state index contributed by atoms with van der Waals surface area (Å²) in [6, 6.07) is 2.58. The Balaban J connectivity index is 3.10. The predicted octanol–water partition coefficient (Wildman–Crippen LogP) is 8.17. The second kappa shape index (κ2) is 12.4. The van der Waals surface area contributed by atoms with Crippen molar-refractivity contribution in [2.75, 3.05) is 0 Å². The van der Waals surface area contributed by atoms with E-state index in [0.717, 1.165) is 0 Å². The van der Waals surface area contributed by atoms with E-state index in [1.807, 2.05) is 0 Å². The predicted molar refractivity (Wildman–Crippen MR) is 107 cm³/mol. The maximum atomic E-state index is 6.33. The summed E-state index contributed by atoms with van der Waals surface area (Å²) in [6.45, 7) is 9.02. The fourth-order valence-electron chi connectivity index (χ4n) is 2.68. The highest BCUT2D eigenvalue weighted by atomic mass is 35.6. The van der Waals surface area contributed by atoms with Crippen molar-refractivity contribution in [3.05, 3.63) is 0 Å². The van der Waals surface area contributed by atoms with E-state index in [1.165, 1.54) is 82.7 Å². The van der Waals surface area contributed by atoms with E-state index in [9.17, 15) is 0 Å². The molecule has 128 valence electrons. The van der Waals surface area contributed by atoms with E-state index in [0.29, 0.717) is 0 Å². The highest BCUT2D eigenvalue weighted by Crippen LogP contribution is 2.20. The lowest BCUT2D eigenvalue weighted by atomic mass is 10.1. The van der Waals surface area contributed by atoms with Crippen LogP contribution < -0.4 is 0 Å². The molecule has 0 aromatic heterocycles. The number of hydrogen-bond donors (Lipinski definition) is 0. The zero-order valence-corrected chi connectivity index (χ0v) is 18.5.